The van der Waals surface area contributed by atoms with Crippen molar-refractivity contribution in [3.05, 3.63) is 45.7 Å². The third-order valence-corrected chi connectivity index (χ3v) is 12.8. The predicted octanol–water partition coefficient (Wildman–Crippen LogP) is 8.11. The van der Waals surface area contributed by atoms with Crippen molar-refractivity contribution < 1.29 is 0 Å². The maximum Gasteiger partial charge on any atom is 0.0331 e. The summed E-state index contributed by atoms with van der Waals surface area (Å²) in [6.07, 6.45) is 0. The summed E-state index contributed by atoms with van der Waals surface area (Å²) in [5.41, 5.74) is 0. The van der Waals surface area contributed by atoms with E-state index < -0.39 is 0 Å². The monoisotopic (exact) mass is 973 g/mol. The van der Waals surface area contributed by atoms with Crippen molar-refractivity contribution in [2.24, 2.45) is 0 Å². The summed E-state index contributed by atoms with van der Waals surface area (Å²) in [6.45, 7) is 0. The molecular formula is C12H4I6S2. The van der Waals surface area contributed by atoms with Gasteiger partial charge < -0.3 is 0 Å². The standard InChI is InChI=1S/C12H4I6S2/c13-5-1-9(17)11(3-7(5)15)19-20-12-4-8(16)6(14)2-10(12)18/h1-4H. The van der Waals surface area contributed by atoms with Crippen molar-refractivity contribution >= 4 is 157 Å². The summed E-state index contributed by atoms with van der Waals surface area (Å²) in [5, 5.41) is 0. The van der Waals surface area contributed by atoms with Gasteiger partial charge in [-0.15, -0.1) is 0 Å². The Morgan fingerprint density at radius 3 is 1.10 bits per heavy atom. The van der Waals surface area contributed by atoms with Crippen LogP contribution in [0.5, 0.6) is 0 Å². The third-order valence-electron chi connectivity index (χ3n) is 2.17. The van der Waals surface area contributed by atoms with Crippen LogP contribution in [-0.4, -0.2) is 0 Å². The largest absolute Gasteiger partial charge is 0.0514 e. The summed E-state index contributed by atoms with van der Waals surface area (Å²) >= 11 is 14.4. The van der Waals surface area contributed by atoms with Crippen LogP contribution in [0.4, 0.5) is 0 Å². The summed E-state index contributed by atoms with van der Waals surface area (Å²) in [6, 6.07) is 9.03. The van der Waals surface area contributed by atoms with Crippen LogP contribution < -0.4 is 0 Å². The second kappa shape index (κ2) is 9.28. The van der Waals surface area contributed by atoms with Crippen LogP contribution in [0.2, 0.25) is 0 Å². The van der Waals surface area contributed by atoms with Crippen molar-refractivity contribution in [1.82, 2.24) is 0 Å². The molecular weight excluding hydrogens is 970 g/mol. The molecule has 0 nitrogen and oxygen atoms in total. The molecule has 8 heteroatoms. The highest BCUT2D eigenvalue weighted by Crippen LogP contribution is 2.43. The molecule has 0 bridgehead atoms. The molecule has 2 aromatic carbocycles. The normalized spacial score (nSPS) is 10.9. The van der Waals surface area contributed by atoms with Crippen LogP contribution in [0.25, 0.3) is 0 Å². The molecule has 0 unspecified atom stereocenters. The first-order valence-electron chi connectivity index (χ1n) is 5.02. The number of benzene rings is 2. The molecule has 0 spiro atoms. The summed E-state index contributed by atoms with van der Waals surface area (Å²) in [5.74, 6) is 0. The first-order valence-corrected chi connectivity index (χ1v) is 13.6. The summed E-state index contributed by atoms with van der Waals surface area (Å²) < 4.78 is 7.91. The van der Waals surface area contributed by atoms with Crippen LogP contribution >= 0.6 is 157 Å². The average Bonchev–Trinajstić information content (AvgIpc) is 2.37. The van der Waals surface area contributed by atoms with E-state index in [0.29, 0.717) is 0 Å². The molecule has 0 radical (unpaired) electrons. The highest BCUT2D eigenvalue weighted by atomic mass is 127. The van der Waals surface area contributed by atoms with Crippen LogP contribution in [0.1, 0.15) is 0 Å². The Bertz CT molecular complexity index is 601. The van der Waals surface area contributed by atoms with Gasteiger partial charge >= 0.3 is 0 Å². The molecule has 2 rings (SSSR count). The maximum absolute atomic E-state index is 2.42. The Balaban J connectivity index is 2.21. The lowest BCUT2D eigenvalue weighted by Gasteiger charge is -2.09. The van der Waals surface area contributed by atoms with E-state index in [1.165, 1.54) is 31.2 Å². The Labute approximate surface area is 208 Å². The lowest BCUT2D eigenvalue weighted by Crippen LogP contribution is -1.87. The molecule has 0 heterocycles. The summed E-state index contributed by atoms with van der Waals surface area (Å²) in [7, 11) is 3.68. The Morgan fingerprint density at radius 1 is 0.450 bits per heavy atom. The number of halogens is 6. The van der Waals surface area contributed by atoms with E-state index in [9.17, 15) is 0 Å². The molecule has 0 saturated heterocycles. The van der Waals surface area contributed by atoms with Gasteiger partial charge in [0.2, 0.25) is 0 Å². The van der Waals surface area contributed by atoms with Gasteiger partial charge in [0.25, 0.3) is 0 Å². The molecule has 0 aliphatic rings. The lowest BCUT2D eigenvalue weighted by molar-refractivity contribution is 1.35. The molecule has 0 fully saturated rings. The third kappa shape index (κ3) is 5.52. The SMILES string of the molecule is Ic1cc(I)c(SSc2cc(I)c(I)cc2I)cc1I. The first kappa shape index (κ1) is 19.8. The zero-order chi connectivity index (χ0) is 14.9. The lowest BCUT2D eigenvalue weighted by atomic mass is 10.4. The van der Waals surface area contributed by atoms with E-state index in [4.69, 9.17) is 0 Å². The Hall–Kier alpha value is 3.52. The van der Waals surface area contributed by atoms with E-state index >= 15 is 0 Å². The van der Waals surface area contributed by atoms with Crippen LogP contribution in [0.3, 0.4) is 0 Å². The van der Waals surface area contributed by atoms with Crippen LogP contribution in [-0.2, 0) is 0 Å². The maximum atomic E-state index is 2.42. The second-order valence-electron chi connectivity index (χ2n) is 3.56. The Kier molecular flexibility index (Phi) is 9.21. The predicted molar refractivity (Wildman–Crippen MR) is 141 cm³/mol. The minimum atomic E-state index is 1.32. The molecule has 106 valence electrons. The zero-order valence-corrected chi connectivity index (χ0v) is 24.0. The quantitative estimate of drug-likeness (QED) is 0.174. The van der Waals surface area contributed by atoms with E-state index in [2.05, 4.69) is 160 Å². The molecule has 0 aliphatic heterocycles. The minimum absolute atomic E-state index is 1.32. The fourth-order valence-corrected chi connectivity index (χ4v) is 9.35. The van der Waals surface area contributed by atoms with Gasteiger partial charge in [0, 0.05) is 31.2 Å². The highest BCUT2D eigenvalue weighted by Gasteiger charge is 2.10. The Morgan fingerprint density at radius 2 is 0.750 bits per heavy atom. The number of hydrogen-bond acceptors (Lipinski definition) is 2. The van der Waals surface area contributed by atoms with Crippen molar-refractivity contribution in [1.29, 1.82) is 0 Å². The van der Waals surface area contributed by atoms with Gasteiger partial charge in [0.15, 0.2) is 0 Å². The fourth-order valence-electron chi connectivity index (χ4n) is 1.23. The summed E-state index contributed by atoms with van der Waals surface area (Å²) in [4.78, 5) is 2.68. The van der Waals surface area contributed by atoms with Crippen molar-refractivity contribution in [2.75, 3.05) is 0 Å². The van der Waals surface area contributed by atoms with Crippen molar-refractivity contribution in [3.63, 3.8) is 0 Å². The second-order valence-corrected chi connectivity index (χ2v) is 12.7. The van der Waals surface area contributed by atoms with Crippen LogP contribution in [0, 0.1) is 21.4 Å². The molecule has 0 aliphatic carbocycles. The highest BCUT2D eigenvalue weighted by molar-refractivity contribution is 14.1. The van der Waals surface area contributed by atoms with Gasteiger partial charge in [-0.05, 0) is 160 Å². The smallest absolute Gasteiger partial charge is 0.0331 e. The van der Waals surface area contributed by atoms with E-state index in [1.807, 2.05) is 21.6 Å². The minimum Gasteiger partial charge on any atom is -0.0514 e. The molecule has 0 aromatic heterocycles. The van der Waals surface area contributed by atoms with E-state index in [0.717, 1.165) is 0 Å². The number of hydrogen-bond donors (Lipinski definition) is 0. The molecule has 0 atom stereocenters. The molecule has 0 N–H and O–H groups in total. The van der Waals surface area contributed by atoms with Gasteiger partial charge in [0.05, 0.1) is 0 Å². The van der Waals surface area contributed by atoms with Gasteiger partial charge in [-0.3, -0.25) is 0 Å². The van der Waals surface area contributed by atoms with E-state index in [1.54, 1.807) is 0 Å². The fraction of sp³-hybridized carbons (Fsp3) is 0. The van der Waals surface area contributed by atoms with Gasteiger partial charge in [-0.25, -0.2) is 0 Å². The van der Waals surface area contributed by atoms with E-state index in [-0.39, 0.29) is 0 Å². The van der Waals surface area contributed by atoms with Crippen LogP contribution in [0.15, 0.2) is 34.1 Å². The van der Waals surface area contributed by atoms with Gasteiger partial charge in [0.1, 0.15) is 0 Å². The topological polar surface area (TPSA) is 0 Å². The molecule has 0 amide bonds. The van der Waals surface area contributed by atoms with Gasteiger partial charge in [-0.1, -0.05) is 21.6 Å². The first-order chi connectivity index (χ1) is 9.38. The molecule has 0 saturated carbocycles. The van der Waals surface area contributed by atoms with Crippen molar-refractivity contribution in [2.45, 2.75) is 9.79 Å². The van der Waals surface area contributed by atoms with Crippen molar-refractivity contribution in [3.8, 4) is 0 Å². The number of rotatable bonds is 3. The average molecular weight is 974 g/mol. The van der Waals surface area contributed by atoms with Gasteiger partial charge in [-0.2, -0.15) is 0 Å². The molecule has 20 heavy (non-hydrogen) atoms. The molecule has 2 aromatic rings. The zero-order valence-electron chi connectivity index (χ0n) is 9.39.